The molecule has 0 saturated carbocycles. The van der Waals surface area contributed by atoms with Gasteiger partial charge in [-0.1, -0.05) is 158 Å². The van der Waals surface area contributed by atoms with Gasteiger partial charge in [0.25, 0.3) is 0 Å². The Bertz CT molecular complexity index is 3860. The molecule has 4 heterocycles. The molecule has 284 valence electrons. The summed E-state index contributed by atoms with van der Waals surface area (Å²) in [6.45, 7) is 0. The van der Waals surface area contributed by atoms with Crippen molar-refractivity contribution in [3.63, 3.8) is 0 Å². The highest BCUT2D eigenvalue weighted by molar-refractivity contribution is 6.33. The summed E-state index contributed by atoms with van der Waals surface area (Å²) >= 11 is 0. The summed E-state index contributed by atoms with van der Waals surface area (Å²) in [5, 5.41) is 7.84. The normalized spacial score (nSPS) is 11.9. The monoisotopic (exact) mass is 778 g/mol. The van der Waals surface area contributed by atoms with E-state index in [9.17, 15) is 0 Å². The van der Waals surface area contributed by atoms with Crippen LogP contribution in [0, 0.1) is 0 Å². The van der Waals surface area contributed by atoms with Gasteiger partial charge in [0.05, 0.1) is 33.3 Å². The Morgan fingerprint density at radius 2 is 0.967 bits per heavy atom. The Labute approximate surface area is 350 Å². The standard InChI is InChI=1S/C56H34N4O/c1-3-14-35(15-4-1)37-26-28-38(29-27-37)54-41-20-7-10-23-45(41)57-56(58-54)60-46-24-11-8-21-42(46)52-48(60)31-30-44-51-47(32-33-50-53(51)43-22-9-12-25-49(43)61-50)59(55(44)52)40-19-13-18-39(34-40)36-16-5-2-6-17-36/h1-34H. The number of furan rings is 1. The van der Waals surface area contributed by atoms with Crippen molar-refractivity contribution in [2.24, 2.45) is 0 Å². The van der Waals surface area contributed by atoms with Crippen LogP contribution in [0.4, 0.5) is 0 Å². The van der Waals surface area contributed by atoms with Gasteiger partial charge in [0.1, 0.15) is 11.2 Å². The third-order valence-corrected chi connectivity index (χ3v) is 12.3. The fourth-order valence-electron chi connectivity index (χ4n) is 9.64. The first-order chi connectivity index (χ1) is 30.3. The van der Waals surface area contributed by atoms with Crippen molar-refractivity contribution in [3.8, 4) is 45.1 Å². The molecule has 0 aliphatic heterocycles. The number of nitrogens with zero attached hydrogens (tertiary/aromatic N) is 4. The van der Waals surface area contributed by atoms with Gasteiger partial charge in [-0.3, -0.25) is 4.57 Å². The lowest BCUT2D eigenvalue weighted by Crippen LogP contribution is -2.03. The molecule has 5 heteroatoms. The summed E-state index contributed by atoms with van der Waals surface area (Å²) in [6.07, 6.45) is 0. The zero-order chi connectivity index (χ0) is 40.0. The highest BCUT2D eigenvalue weighted by Gasteiger charge is 2.25. The van der Waals surface area contributed by atoms with E-state index in [4.69, 9.17) is 14.4 Å². The summed E-state index contributed by atoms with van der Waals surface area (Å²) in [5.74, 6) is 0.628. The minimum atomic E-state index is 0.628. The second-order valence-corrected chi connectivity index (χ2v) is 15.7. The number of aromatic nitrogens is 4. The van der Waals surface area contributed by atoms with E-state index in [0.717, 1.165) is 93.6 Å². The van der Waals surface area contributed by atoms with E-state index in [2.05, 4.69) is 209 Å². The maximum Gasteiger partial charge on any atom is 0.235 e. The van der Waals surface area contributed by atoms with Crippen LogP contribution in [-0.4, -0.2) is 19.1 Å². The predicted molar refractivity (Wildman–Crippen MR) is 252 cm³/mol. The molecular weight excluding hydrogens is 745 g/mol. The molecule has 61 heavy (non-hydrogen) atoms. The molecule has 13 rings (SSSR count). The Morgan fingerprint density at radius 3 is 1.79 bits per heavy atom. The van der Waals surface area contributed by atoms with Crippen molar-refractivity contribution in [1.82, 2.24) is 19.1 Å². The minimum Gasteiger partial charge on any atom is -0.456 e. The molecule has 0 aliphatic rings. The van der Waals surface area contributed by atoms with Crippen LogP contribution in [0.2, 0.25) is 0 Å². The van der Waals surface area contributed by atoms with E-state index in [-0.39, 0.29) is 0 Å². The maximum absolute atomic E-state index is 6.50. The molecule has 13 aromatic rings. The fourth-order valence-corrected chi connectivity index (χ4v) is 9.64. The third-order valence-electron chi connectivity index (χ3n) is 12.3. The maximum atomic E-state index is 6.50. The second-order valence-electron chi connectivity index (χ2n) is 15.7. The number of benzene rings is 9. The molecule has 5 nitrogen and oxygen atoms in total. The van der Waals surface area contributed by atoms with Crippen LogP contribution in [0.5, 0.6) is 0 Å². The van der Waals surface area contributed by atoms with Crippen molar-refractivity contribution < 1.29 is 4.42 Å². The summed E-state index contributed by atoms with van der Waals surface area (Å²) < 4.78 is 11.2. The molecule has 0 spiro atoms. The molecule has 0 atom stereocenters. The average Bonchev–Trinajstić information content (AvgIpc) is 3.99. The van der Waals surface area contributed by atoms with E-state index >= 15 is 0 Å². The molecule has 0 radical (unpaired) electrons. The number of hydrogen-bond donors (Lipinski definition) is 0. The zero-order valence-electron chi connectivity index (χ0n) is 32.8. The van der Waals surface area contributed by atoms with Crippen molar-refractivity contribution in [2.45, 2.75) is 0 Å². The van der Waals surface area contributed by atoms with Crippen LogP contribution in [-0.2, 0) is 0 Å². The lowest BCUT2D eigenvalue weighted by atomic mass is 10.0. The SMILES string of the molecule is c1ccc(-c2ccc(-c3nc(-n4c5ccccc5c5c4ccc4c6c7c(ccc6n(-c6cccc(-c8ccccc8)c6)c45)oc4ccccc47)nc4ccccc34)cc2)cc1. The fraction of sp³-hybridized carbons (Fsp3) is 0. The van der Waals surface area contributed by atoms with Gasteiger partial charge in [0.15, 0.2) is 0 Å². The highest BCUT2D eigenvalue weighted by Crippen LogP contribution is 2.46. The van der Waals surface area contributed by atoms with Gasteiger partial charge in [0, 0.05) is 49.0 Å². The van der Waals surface area contributed by atoms with Gasteiger partial charge in [-0.2, -0.15) is 0 Å². The van der Waals surface area contributed by atoms with Gasteiger partial charge < -0.3 is 8.98 Å². The summed E-state index contributed by atoms with van der Waals surface area (Å²) in [4.78, 5) is 10.8. The molecule has 4 aromatic heterocycles. The topological polar surface area (TPSA) is 48.8 Å². The van der Waals surface area contributed by atoms with Crippen molar-refractivity contribution in [3.05, 3.63) is 206 Å². The Kier molecular flexibility index (Phi) is 7.24. The minimum absolute atomic E-state index is 0.628. The van der Waals surface area contributed by atoms with E-state index in [1.54, 1.807) is 0 Å². The second kappa shape index (κ2) is 13.1. The molecule has 0 saturated heterocycles. The summed E-state index contributed by atoms with van der Waals surface area (Å²) in [7, 11) is 0. The largest absolute Gasteiger partial charge is 0.456 e. The molecule has 0 fully saturated rings. The smallest absolute Gasteiger partial charge is 0.235 e. The number of rotatable bonds is 5. The predicted octanol–water partition coefficient (Wildman–Crippen LogP) is 14.7. The van der Waals surface area contributed by atoms with E-state index < -0.39 is 0 Å². The van der Waals surface area contributed by atoms with E-state index in [0.29, 0.717) is 5.95 Å². The third kappa shape index (κ3) is 5.08. The zero-order valence-corrected chi connectivity index (χ0v) is 32.8. The molecule has 0 amide bonds. The van der Waals surface area contributed by atoms with Crippen LogP contribution >= 0.6 is 0 Å². The van der Waals surface area contributed by atoms with Crippen molar-refractivity contribution in [1.29, 1.82) is 0 Å². The average molecular weight is 779 g/mol. The molecule has 9 aromatic carbocycles. The number of fused-ring (bicyclic) bond motifs is 12. The Balaban J connectivity index is 1.13. The highest BCUT2D eigenvalue weighted by atomic mass is 16.3. The Morgan fingerprint density at radius 1 is 0.344 bits per heavy atom. The lowest BCUT2D eigenvalue weighted by Gasteiger charge is -2.13. The molecule has 0 N–H and O–H groups in total. The number of hydrogen-bond acceptors (Lipinski definition) is 3. The van der Waals surface area contributed by atoms with Gasteiger partial charge in [-0.25, -0.2) is 9.97 Å². The van der Waals surface area contributed by atoms with Gasteiger partial charge in [-0.05, 0) is 70.8 Å². The first-order valence-corrected chi connectivity index (χ1v) is 20.7. The summed E-state index contributed by atoms with van der Waals surface area (Å²) in [6, 6.07) is 73.0. The van der Waals surface area contributed by atoms with Gasteiger partial charge in [0.2, 0.25) is 5.95 Å². The Hall–Kier alpha value is -8.28. The molecule has 0 aliphatic carbocycles. The van der Waals surface area contributed by atoms with Gasteiger partial charge >= 0.3 is 0 Å². The van der Waals surface area contributed by atoms with E-state index in [1.165, 1.54) is 22.1 Å². The van der Waals surface area contributed by atoms with Gasteiger partial charge in [-0.15, -0.1) is 0 Å². The van der Waals surface area contributed by atoms with Crippen molar-refractivity contribution in [2.75, 3.05) is 0 Å². The summed E-state index contributed by atoms with van der Waals surface area (Å²) in [5.41, 5.74) is 14.7. The van der Waals surface area contributed by atoms with Crippen LogP contribution in [0.3, 0.4) is 0 Å². The lowest BCUT2D eigenvalue weighted by molar-refractivity contribution is 0.669. The molecular formula is C56H34N4O. The van der Waals surface area contributed by atoms with Crippen molar-refractivity contribution >= 4 is 76.5 Å². The van der Waals surface area contributed by atoms with Crippen LogP contribution in [0.1, 0.15) is 0 Å². The first kappa shape index (κ1) is 33.7. The quantitative estimate of drug-likeness (QED) is 0.175. The molecule has 0 unspecified atom stereocenters. The van der Waals surface area contributed by atoms with Crippen LogP contribution in [0.15, 0.2) is 211 Å². The van der Waals surface area contributed by atoms with Crippen LogP contribution in [0.25, 0.3) is 122 Å². The number of para-hydroxylation sites is 3. The van der Waals surface area contributed by atoms with E-state index in [1.807, 2.05) is 6.07 Å². The molecule has 0 bridgehead atoms. The first-order valence-electron chi connectivity index (χ1n) is 20.7. The van der Waals surface area contributed by atoms with Crippen LogP contribution < -0.4 is 0 Å².